The van der Waals surface area contributed by atoms with Gasteiger partial charge in [-0.3, -0.25) is 9.13 Å². The Hall–Kier alpha value is -2.86. The summed E-state index contributed by atoms with van der Waals surface area (Å²) in [5.74, 6) is -0.973. The van der Waals surface area contributed by atoms with Crippen LogP contribution in [0, 0.1) is 0 Å². The van der Waals surface area contributed by atoms with E-state index >= 15 is 0 Å². The van der Waals surface area contributed by atoms with Crippen molar-refractivity contribution in [1.29, 1.82) is 0 Å². The number of fused-ring (bicyclic) bond motifs is 1. The van der Waals surface area contributed by atoms with Crippen molar-refractivity contribution in [1.82, 2.24) is 14.0 Å². The van der Waals surface area contributed by atoms with E-state index in [1.54, 1.807) is 27.3 Å². The second-order valence-electron chi connectivity index (χ2n) is 7.73. The van der Waals surface area contributed by atoms with Crippen molar-refractivity contribution in [2.45, 2.75) is 38.8 Å². The van der Waals surface area contributed by atoms with Crippen LogP contribution in [-0.2, 0) is 19.5 Å². The van der Waals surface area contributed by atoms with E-state index in [0.717, 1.165) is 31.6 Å². The van der Waals surface area contributed by atoms with Crippen molar-refractivity contribution < 1.29 is 9.90 Å². The van der Waals surface area contributed by atoms with Gasteiger partial charge >= 0.3 is 11.7 Å². The van der Waals surface area contributed by atoms with E-state index in [9.17, 15) is 14.7 Å². The van der Waals surface area contributed by atoms with Crippen molar-refractivity contribution in [3.8, 4) is 0 Å². The first-order chi connectivity index (χ1) is 14.1. The third-order valence-corrected chi connectivity index (χ3v) is 5.82. The molecule has 0 saturated carbocycles. The Morgan fingerprint density at radius 2 is 1.59 bits per heavy atom. The van der Waals surface area contributed by atoms with Crippen LogP contribution in [0.1, 0.15) is 35.2 Å². The Kier molecular flexibility index (Phi) is 5.81. The largest absolute Gasteiger partial charge is 0.478 e. The second-order valence-corrected chi connectivity index (χ2v) is 7.73. The number of rotatable bonds is 7. The number of nitrogens with zero attached hydrogens (tertiary/aromatic N) is 3. The summed E-state index contributed by atoms with van der Waals surface area (Å²) >= 11 is 0. The Morgan fingerprint density at radius 3 is 2.31 bits per heavy atom. The quantitative estimate of drug-likeness (QED) is 0.669. The van der Waals surface area contributed by atoms with Gasteiger partial charge in [0.05, 0.1) is 16.6 Å². The minimum atomic E-state index is -0.973. The number of carboxylic acid groups (broad SMARTS) is 1. The lowest BCUT2D eigenvalue weighted by molar-refractivity contribution is 0.0697. The highest BCUT2D eigenvalue weighted by Crippen LogP contribution is 2.17. The molecule has 4 rings (SSSR count). The predicted molar refractivity (Wildman–Crippen MR) is 114 cm³/mol. The first-order valence-corrected chi connectivity index (χ1v) is 10.4. The van der Waals surface area contributed by atoms with E-state index in [1.165, 1.54) is 24.8 Å². The molecular weight excluding hydrogens is 366 g/mol. The SMILES string of the molecule is O=C(O)c1ccc2c(c1)n(CCN1CCCCC1)c(=O)n2CCc1ccccc1. The number of aromatic carboxylic acids is 1. The molecule has 6 heteroatoms. The van der Waals surface area contributed by atoms with Crippen molar-refractivity contribution in [3.63, 3.8) is 0 Å². The van der Waals surface area contributed by atoms with Gasteiger partial charge in [0.1, 0.15) is 0 Å². The Bertz CT molecular complexity index is 1050. The van der Waals surface area contributed by atoms with Gasteiger partial charge in [-0.15, -0.1) is 0 Å². The van der Waals surface area contributed by atoms with Crippen molar-refractivity contribution in [2.24, 2.45) is 0 Å². The van der Waals surface area contributed by atoms with Gasteiger partial charge in [0.2, 0.25) is 0 Å². The number of piperidine rings is 1. The topological polar surface area (TPSA) is 67.5 Å². The van der Waals surface area contributed by atoms with Crippen molar-refractivity contribution in [3.05, 3.63) is 70.1 Å². The predicted octanol–water partition coefficient (Wildman–Crippen LogP) is 3.23. The van der Waals surface area contributed by atoms with Gasteiger partial charge in [-0.25, -0.2) is 9.59 Å². The van der Waals surface area contributed by atoms with Crippen LogP contribution in [0.25, 0.3) is 11.0 Å². The molecule has 2 heterocycles. The van der Waals surface area contributed by atoms with Crippen LogP contribution in [0.5, 0.6) is 0 Å². The van der Waals surface area contributed by atoms with Gasteiger partial charge in [-0.1, -0.05) is 36.8 Å². The zero-order chi connectivity index (χ0) is 20.2. The molecule has 1 fully saturated rings. The van der Waals surface area contributed by atoms with Crippen molar-refractivity contribution in [2.75, 3.05) is 19.6 Å². The van der Waals surface area contributed by atoms with Gasteiger partial charge in [0.15, 0.2) is 0 Å². The number of likely N-dealkylation sites (tertiary alicyclic amines) is 1. The van der Waals surface area contributed by atoms with Gasteiger partial charge in [-0.05, 0) is 56.1 Å². The fourth-order valence-corrected chi connectivity index (χ4v) is 4.19. The molecule has 0 spiro atoms. The normalized spacial score (nSPS) is 15.0. The first-order valence-electron chi connectivity index (χ1n) is 10.4. The number of imidazole rings is 1. The average molecular weight is 393 g/mol. The van der Waals surface area contributed by atoms with Gasteiger partial charge < -0.3 is 10.0 Å². The molecule has 29 heavy (non-hydrogen) atoms. The summed E-state index contributed by atoms with van der Waals surface area (Å²) < 4.78 is 3.53. The molecule has 0 unspecified atom stereocenters. The maximum atomic E-state index is 13.2. The molecule has 0 atom stereocenters. The highest BCUT2D eigenvalue weighted by Gasteiger charge is 2.17. The standard InChI is InChI=1S/C23H27N3O3/c27-22(28)19-9-10-20-21(17-19)26(16-15-24-12-5-2-6-13-24)23(29)25(20)14-11-18-7-3-1-4-8-18/h1,3-4,7-10,17H,2,5-6,11-16H2,(H,27,28). The van der Waals surface area contributed by atoms with Crippen LogP contribution in [-0.4, -0.2) is 44.7 Å². The highest BCUT2D eigenvalue weighted by atomic mass is 16.4. The zero-order valence-electron chi connectivity index (χ0n) is 16.6. The molecule has 0 bridgehead atoms. The van der Waals surface area contributed by atoms with E-state index in [-0.39, 0.29) is 11.3 Å². The molecule has 1 saturated heterocycles. The first kappa shape index (κ1) is 19.5. The third-order valence-electron chi connectivity index (χ3n) is 5.82. The molecule has 152 valence electrons. The maximum absolute atomic E-state index is 13.2. The molecular formula is C23H27N3O3. The fraction of sp³-hybridized carbons (Fsp3) is 0.391. The van der Waals surface area contributed by atoms with E-state index in [2.05, 4.69) is 17.0 Å². The van der Waals surface area contributed by atoms with Crippen LogP contribution < -0.4 is 5.69 Å². The highest BCUT2D eigenvalue weighted by molar-refractivity contribution is 5.92. The summed E-state index contributed by atoms with van der Waals surface area (Å²) in [5, 5.41) is 9.39. The maximum Gasteiger partial charge on any atom is 0.335 e. The van der Waals surface area contributed by atoms with E-state index < -0.39 is 5.97 Å². The van der Waals surface area contributed by atoms with Crippen LogP contribution in [0.15, 0.2) is 53.3 Å². The molecule has 2 aromatic carbocycles. The van der Waals surface area contributed by atoms with Crippen LogP contribution in [0.2, 0.25) is 0 Å². The minimum Gasteiger partial charge on any atom is -0.478 e. The number of aryl methyl sites for hydroxylation is 2. The molecule has 3 aromatic rings. The van der Waals surface area contributed by atoms with Crippen LogP contribution >= 0.6 is 0 Å². The molecule has 1 aliphatic rings. The number of hydrogen-bond donors (Lipinski definition) is 1. The second kappa shape index (κ2) is 8.66. The summed E-state index contributed by atoms with van der Waals surface area (Å²) in [5.41, 5.74) is 2.84. The summed E-state index contributed by atoms with van der Waals surface area (Å²) in [6.07, 6.45) is 4.44. The van der Waals surface area contributed by atoms with Crippen molar-refractivity contribution >= 4 is 17.0 Å². The van der Waals surface area contributed by atoms with E-state index in [4.69, 9.17) is 0 Å². The zero-order valence-corrected chi connectivity index (χ0v) is 16.6. The minimum absolute atomic E-state index is 0.0597. The number of hydrogen-bond acceptors (Lipinski definition) is 3. The third kappa shape index (κ3) is 4.27. The van der Waals surface area contributed by atoms with E-state index in [0.29, 0.717) is 18.6 Å². The molecule has 1 aliphatic heterocycles. The average Bonchev–Trinajstić information content (AvgIpc) is 3.02. The molecule has 0 aliphatic carbocycles. The molecule has 6 nitrogen and oxygen atoms in total. The lowest BCUT2D eigenvalue weighted by Crippen LogP contribution is -2.35. The Labute approximate surface area is 170 Å². The summed E-state index contributed by atoms with van der Waals surface area (Å²) in [4.78, 5) is 27.1. The summed E-state index contributed by atoms with van der Waals surface area (Å²) in [6, 6.07) is 15.1. The Balaban J connectivity index is 1.66. The van der Waals surface area contributed by atoms with Gasteiger partial charge in [0, 0.05) is 19.6 Å². The van der Waals surface area contributed by atoms with E-state index in [1.807, 2.05) is 18.2 Å². The molecule has 0 amide bonds. The number of carbonyl (C=O) groups is 1. The van der Waals surface area contributed by atoms with Crippen LogP contribution in [0.4, 0.5) is 0 Å². The van der Waals surface area contributed by atoms with Crippen LogP contribution in [0.3, 0.4) is 0 Å². The molecule has 0 radical (unpaired) electrons. The summed E-state index contributed by atoms with van der Waals surface area (Å²) in [6.45, 7) is 4.11. The smallest absolute Gasteiger partial charge is 0.335 e. The summed E-state index contributed by atoms with van der Waals surface area (Å²) in [7, 11) is 0. The fourth-order valence-electron chi connectivity index (χ4n) is 4.19. The molecule has 1 N–H and O–H groups in total. The van der Waals surface area contributed by atoms with Gasteiger partial charge in [-0.2, -0.15) is 0 Å². The Morgan fingerprint density at radius 1 is 0.862 bits per heavy atom. The monoisotopic (exact) mass is 393 g/mol. The number of benzene rings is 2. The molecule has 1 aromatic heterocycles. The number of carboxylic acids is 1. The lowest BCUT2D eigenvalue weighted by Gasteiger charge is -2.26. The lowest BCUT2D eigenvalue weighted by atomic mass is 10.1. The number of aromatic nitrogens is 2. The van der Waals surface area contributed by atoms with Gasteiger partial charge in [0.25, 0.3) is 0 Å².